The number of carbonyl (C=O) groups is 2. The van der Waals surface area contributed by atoms with E-state index in [4.69, 9.17) is 11.2 Å². The van der Waals surface area contributed by atoms with Gasteiger partial charge < -0.3 is 14.9 Å². The molecular formula is C29H40FNO5S. The molecule has 0 aromatic carbocycles. The van der Waals surface area contributed by atoms with Gasteiger partial charge in [-0.1, -0.05) is 32.4 Å². The minimum Gasteiger partial charge on any atom is -0.455 e. The average Bonchev–Trinajstić information content (AvgIpc) is 3.24. The van der Waals surface area contributed by atoms with Crippen LogP contribution in [0.25, 0.3) is 6.08 Å². The van der Waals surface area contributed by atoms with Gasteiger partial charge >= 0.3 is 5.97 Å². The fourth-order valence-corrected chi connectivity index (χ4v) is 5.11. The van der Waals surface area contributed by atoms with Gasteiger partial charge in [0.05, 0.1) is 34.7 Å². The molecule has 0 amide bonds. The van der Waals surface area contributed by atoms with E-state index < -0.39 is 47.9 Å². The number of Topliss-reactive ketones (excluding diaryl/α,β-unsaturated/α-hetero) is 1. The summed E-state index contributed by atoms with van der Waals surface area (Å²) >= 11 is 1.39. The van der Waals surface area contributed by atoms with Crippen molar-refractivity contribution < 1.29 is 28.9 Å². The van der Waals surface area contributed by atoms with Gasteiger partial charge in [-0.3, -0.25) is 9.59 Å². The number of terminal acetylenes is 1. The number of rotatable bonds is 4. The maximum absolute atomic E-state index is 15.2. The second-order valence-electron chi connectivity index (χ2n) is 10.6. The summed E-state index contributed by atoms with van der Waals surface area (Å²) in [6.07, 6.45) is 7.47. The number of allylic oxidation sites excluding steroid dienone is 1. The lowest BCUT2D eigenvalue weighted by Gasteiger charge is -2.36. The van der Waals surface area contributed by atoms with E-state index in [9.17, 15) is 19.8 Å². The molecule has 1 aliphatic heterocycles. The van der Waals surface area contributed by atoms with Crippen molar-refractivity contribution >= 4 is 29.2 Å². The van der Waals surface area contributed by atoms with E-state index >= 15 is 4.39 Å². The molecule has 6 nitrogen and oxygen atoms in total. The number of ketones is 1. The number of aliphatic hydroxyl groups excluding tert-OH is 2. The van der Waals surface area contributed by atoms with Crippen LogP contribution in [-0.4, -0.2) is 45.3 Å². The maximum atomic E-state index is 15.2. The number of aryl methyl sites for hydroxylation is 1. The number of halogens is 1. The minimum absolute atomic E-state index is 0.133. The van der Waals surface area contributed by atoms with Crippen LogP contribution in [0, 0.1) is 36.5 Å². The van der Waals surface area contributed by atoms with Gasteiger partial charge in [0.25, 0.3) is 0 Å². The second kappa shape index (κ2) is 14.0. The number of cyclic esters (lactones) is 1. The lowest BCUT2D eigenvalue weighted by molar-refractivity contribution is -0.155. The molecule has 0 aliphatic carbocycles. The number of esters is 1. The highest BCUT2D eigenvalue weighted by Crippen LogP contribution is 2.34. The number of ether oxygens (including phenoxy) is 1. The smallest absolute Gasteiger partial charge is 0.309 e. The topological polar surface area (TPSA) is 96.7 Å². The first-order chi connectivity index (χ1) is 17.4. The molecule has 0 saturated heterocycles. The maximum Gasteiger partial charge on any atom is 0.309 e. The van der Waals surface area contributed by atoms with Gasteiger partial charge in [-0.2, -0.15) is 0 Å². The predicted octanol–water partition coefficient (Wildman–Crippen LogP) is 5.57. The molecule has 0 saturated carbocycles. The molecule has 2 N–H and O–H groups in total. The van der Waals surface area contributed by atoms with E-state index in [0.717, 1.165) is 23.4 Å². The summed E-state index contributed by atoms with van der Waals surface area (Å²) in [5, 5.41) is 24.5. The van der Waals surface area contributed by atoms with E-state index in [1.54, 1.807) is 19.2 Å². The first-order valence-electron chi connectivity index (χ1n) is 12.8. The van der Waals surface area contributed by atoms with Gasteiger partial charge in [0, 0.05) is 30.2 Å². The van der Waals surface area contributed by atoms with Crippen molar-refractivity contribution in [1.82, 2.24) is 4.98 Å². The Morgan fingerprint density at radius 2 is 2.05 bits per heavy atom. The van der Waals surface area contributed by atoms with Gasteiger partial charge in [-0.05, 0) is 45.4 Å². The first-order valence-corrected chi connectivity index (χ1v) is 13.7. The monoisotopic (exact) mass is 533 g/mol. The van der Waals surface area contributed by atoms with E-state index in [2.05, 4.69) is 10.9 Å². The Morgan fingerprint density at radius 3 is 2.68 bits per heavy atom. The predicted molar refractivity (Wildman–Crippen MR) is 144 cm³/mol. The van der Waals surface area contributed by atoms with E-state index in [1.807, 2.05) is 26.8 Å². The summed E-state index contributed by atoms with van der Waals surface area (Å²) in [6, 6.07) is 0. The van der Waals surface area contributed by atoms with E-state index in [-0.39, 0.29) is 24.5 Å². The second-order valence-corrected chi connectivity index (χ2v) is 11.7. The summed E-state index contributed by atoms with van der Waals surface area (Å²) < 4.78 is 20.7. The van der Waals surface area contributed by atoms with Crippen molar-refractivity contribution in [3.05, 3.63) is 33.6 Å². The van der Waals surface area contributed by atoms with Crippen molar-refractivity contribution in [2.45, 2.75) is 97.9 Å². The number of hydrogen-bond acceptors (Lipinski definition) is 7. The molecule has 1 unspecified atom stereocenters. The third kappa shape index (κ3) is 8.87. The number of aliphatic hydroxyl groups is 2. The Morgan fingerprint density at radius 1 is 1.35 bits per heavy atom. The molecule has 0 radical (unpaired) electrons. The minimum atomic E-state index is -1.39. The number of carbonyl (C=O) groups excluding carboxylic acids is 2. The van der Waals surface area contributed by atoms with Crippen LogP contribution in [0.4, 0.5) is 4.39 Å². The zero-order valence-corrected chi connectivity index (χ0v) is 23.3. The van der Waals surface area contributed by atoms with Crippen LogP contribution in [0.2, 0.25) is 0 Å². The van der Waals surface area contributed by atoms with Gasteiger partial charge in [-0.15, -0.1) is 23.7 Å². The van der Waals surface area contributed by atoms with Crippen molar-refractivity contribution in [2.24, 2.45) is 17.3 Å². The molecule has 0 fully saturated rings. The molecule has 5 atom stereocenters. The van der Waals surface area contributed by atoms with Crippen LogP contribution < -0.4 is 0 Å². The van der Waals surface area contributed by atoms with Crippen molar-refractivity contribution in [1.29, 1.82) is 0 Å². The van der Waals surface area contributed by atoms with Crippen LogP contribution in [0.1, 0.15) is 83.3 Å². The average molecular weight is 534 g/mol. The van der Waals surface area contributed by atoms with Gasteiger partial charge in [0.15, 0.2) is 6.10 Å². The molecule has 1 aliphatic rings. The molecule has 8 heteroatoms. The highest BCUT2D eigenvalue weighted by Gasteiger charge is 2.43. The SMILES string of the molecule is C#CCC[C@H]1C(=O)C(C)(C)[C@@H](O)CC(=O)OC(/C(F)=C/c2csc(C)n2)C/C=C(/C)CCC[C@@H](C)[C@@H]1O. The van der Waals surface area contributed by atoms with Crippen LogP contribution in [0.5, 0.6) is 0 Å². The van der Waals surface area contributed by atoms with Crippen molar-refractivity contribution in [2.75, 3.05) is 0 Å². The number of aromatic nitrogens is 1. The summed E-state index contributed by atoms with van der Waals surface area (Å²) in [7, 11) is 0. The van der Waals surface area contributed by atoms with Gasteiger partial charge in [0.1, 0.15) is 11.6 Å². The standard InChI is InChI=1S/C29H40FNO5S/c1-7-8-12-22-27(34)19(3)11-9-10-18(2)13-14-24(23(30)15-21-17-37-20(4)31-21)36-26(33)16-25(32)29(5,6)28(22)35/h1,13,15,17,19,22,24-25,27,32,34H,8-12,14,16H2,2-6H3/b18-13-,23-15-/t19-,22-,24?,25+,27+/m1/s1. The number of thiazole rings is 1. The highest BCUT2D eigenvalue weighted by molar-refractivity contribution is 7.09. The largest absolute Gasteiger partial charge is 0.455 e. The summed E-state index contributed by atoms with van der Waals surface area (Å²) in [6.45, 7) is 8.75. The first kappa shape index (κ1) is 30.9. The number of nitrogens with zero attached hydrogens (tertiary/aromatic N) is 1. The molecule has 2 rings (SSSR count). The Labute approximate surface area is 224 Å². The molecule has 2 heterocycles. The Balaban J connectivity index is 2.37. The van der Waals surface area contributed by atoms with Crippen LogP contribution >= 0.6 is 11.3 Å². The van der Waals surface area contributed by atoms with Crippen molar-refractivity contribution in [3.8, 4) is 12.3 Å². The Kier molecular flexibility index (Phi) is 11.7. The van der Waals surface area contributed by atoms with Gasteiger partial charge in [0.2, 0.25) is 0 Å². The van der Waals surface area contributed by atoms with Crippen molar-refractivity contribution in [3.63, 3.8) is 0 Å². The fourth-order valence-electron chi connectivity index (χ4n) is 4.54. The third-order valence-electron chi connectivity index (χ3n) is 7.17. The highest BCUT2D eigenvalue weighted by atomic mass is 32.1. The lowest BCUT2D eigenvalue weighted by Crippen LogP contribution is -2.46. The van der Waals surface area contributed by atoms with Crippen LogP contribution in [0.3, 0.4) is 0 Å². The summed E-state index contributed by atoms with van der Waals surface area (Å²) in [5.41, 5.74) is 0.101. The Bertz CT molecular complexity index is 1040. The molecule has 1 aromatic rings. The zero-order valence-electron chi connectivity index (χ0n) is 22.5. The third-order valence-corrected chi connectivity index (χ3v) is 7.97. The zero-order chi connectivity index (χ0) is 27.8. The molecule has 37 heavy (non-hydrogen) atoms. The Hall–Kier alpha value is -2.34. The summed E-state index contributed by atoms with van der Waals surface area (Å²) in [4.78, 5) is 30.6. The summed E-state index contributed by atoms with van der Waals surface area (Å²) in [5.74, 6) is -0.224. The normalized spacial score (nSPS) is 30.2. The molecule has 204 valence electrons. The van der Waals surface area contributed by atoms with E-state index in [0.29, 0.717) is 18.5 Å². The molecular weight excluding hydrogens is 493 g/mol. The lowest BCUT2D eigenvalue weighted by atomic mass is 9.71. The van der Waals surface area contributed by atoms with E-state index in [1.165, 1.54) is 17.4 Å². The molecule has 1 aromatic heterocycles. The molecule has 0 bridgehead atoms. The molecule has 0 spiro atoms. The fraction of sp³-hybridized carbons (Fsp3) is 0.621. The quantitative estimate of drug-likeness (QED) is 0.299. The van der Waals surface area contributed by atoms with Crippen LogP contribution in [0.15, 0.2) is 22.9 Å². The number of hydrogen-bond donors (Lipinski definition) is 2. The van der Waals surface area contributed by atoms with Gasteiger partial charge in [-0.25, -0.2) is 9.37 Å². The van der Waals surface area contributed by atoms with Crippen LogP contribution in [-0.2, 0) is 14.3 Å².